The van der Waals surface area contributed by atoms with E-state index in [0.29, 0.717) is 25.7 Å². The molecule has 0 radical (unpaired) electrons. The summed E-state index contributed by atoms with van der Waals surface area (Å²) in [5, 5.41) is 9.05. The second kappa shape index (κ2) is 4.84. The number of benzene rings is 1. The molecule has 18 heavy (non-hydrogen) atoms. The largest absolute Gasteiger partial charge is 0.481 e. The standard InChI is InChI=1S/C13H13ClF2O2/c14-10-7-8(15)6-9(11(10)16)13(12(17)18)4-2-1-3-5-13/h6-7H,1-5H2,(H,17,18). The summed E-state index contributed by atoms with van der Waals surface area (Å²) in [4.78, 5) is 11.5. The zero-order valence-electron chi connectivity index (χ0n) is 9.68. The molecule has 2 nitrogen and oxygen atoms in total. The number of halogens is 3. The molecule has 5 heteroatoms. The summed E-state index contributed by atoms with van der Waals surface area (Å²) < 4.78 is 27.4. The highest BCUT2D eigenvalue weighted by atomic mass is 35.5. The predicted octanol–water partition coefficient (Wildman–Crippen LogP) is 3.90. The minimum atomic E-state index is -1.34. The molecule has 0 saturated heterocycles. The van der Waals surface area contributed by atoms with Crippen LogP contribution in [0.1, 0.15) is 37.7 Å². The summed E-state index contributed by atoms with van der Waals surface area (Å²) in [6, 6.07) is 1.82. The van der Waals surface area contributed by atoms with Crippen LogP contribution >= 0.6 is 11.6 Å². The first-order valence-corrected chi connectivity index (χ1v) is 6.23. The van der Waals surface area contributed by atoms with Gasteiger partial charge in [0.25, 0.3) is 0 Å². The Balaban J connectivity index is 2.59. The molecular formula is C13H13ClF2O2. The van der Waals surface area contributed by atoms with Crippen LogP contribution in [0.4, 0.5) is 8.78 Å². The number of carboxylic acid groups (broad SMARTS) is 1. The Morgan fingerprint density at radius 3 is 2.39 bits per heavy atom. The van der Waals surface area contributed by atoms with E-state index in [1.165, 1.54) is 0 Å². The summed E-state index contributed by atoms with van der Waals surface area (Å²) in [7, 11) is 0. The highest BCUT2D eigenvalue weighted by Crippen LogP contribution is 2.42. The number of carbonyl (C=O) groups is 1. The maximum absolute atomic E-state index is 14.0. The third-order valence-corrected chi connectivity index (χ3v) is 3.90. The molecule has 1 aromatic carbocycles. The predicted molar refractivity (Wildman–Crippen MR) is 63.8 cm³/mol. The molecule has 0 aromatic heterocycles. The lowest BCUT2D eigenvalue weighted by molar-refractivity contribution is -0.145. The van der Waals surface area contributed by atoms with Crippen molar-refractivity contribution in [3.05, 3.63) is 34.4 Å². The lowest BCUT2D eigenvalue weighted by atomic mass is 9.69. The Morgan fingerprint density at radius 1 is 1.22 bits per heavy atom. The van der Waals surface area contributed by atoms with Crippen LogP contribution in [-0.4, -0.2) is 11.1 Å². The smallest absolute Gasteiger partial charge is 0.314 e. The van der Waals surface area contributed by atoms with Crippen LogP contribution in [-0.2, 0) is 10.2 Å². The van der Waals surface area contributed by atoms with Gasteiger partial charge in [0, 0.05) is 5.56 Å². The maximum atomic E-state index is 14.0. The minimum absolute atomic E-state index is 0.125. The van der Waals surface area contributed by atoms with Crippen LogP contribution in [0.25, 0.3) is 0 Å². The Kier molecular flexibility index (Phi) is 3.57. The van der Waals surface area contributed by atoms with E-state index in [0.717, 1.165) is 18.6 Å². The van der Waals surface area contributed by atoms with E-state index < -0.39 is 23.0 Å². The van der Waals surface area contributed by atoms with Gasteiger partial charge in [-0.15, -0.1) is 0 Å². The average Bonchev–Trinajstić information content (AvgIpc) is 2.34. The first-order valence-electron chi connectivity index (χ1n) is 5.86. The highest BCUT2D eigenvalue weighted by Gasteiger charge is 2.43. The number of rotatable bonds is 2. The Morgan fingerprint density at radius 2 is 1.83 bits per heavy atom. The van der Waals surface area contributed by atoms with Crippen LogP contribution in [0.2, 0.25) is 5.02 Å². The van der Waals surface area contributed by atoms with Crippen molar-refractivity contribution in [2.75, 3.05) is 0 Å². The molecule has 1 saturated carbocycles. The molecule has 0 heterocycles. The molecule has 98 valence electrons. The molecule has 1 fully saturated rings. The molecule has 0 atom stereocenters. The second-order valence-electron chi connectivity index (χ2n) is 4.70. The van der Waals surface area contributed by atoms with Crippen LogP contribution in [0.5, 0.6) is 0 Å². The van der Waals surface area contributed by atoms with E-state index in [-0.39, 0.29) is 10.6 Å². The van der Waals surface area contributed by atoms with Crippen LogP contribution < -0.4 is 0 Å². The summed E-state index contributed by atoms with van der Waals surface area (Å²) >= 11 is 5.60. The third kappa shape index (κ3) is 2.09. The number of hydrogen-bond donors (Lipinski definition) is 1. The second-order valence-corrected chi connectivity index (χ2v) is 5.10. The molecule has 1 aliphatic rings. The normalized spacial score (nSPS) is 18.6. The van der Waals surface area contributed by atoms with E-state index in [1.54, 1.807) is 0 Å². The van der Waals surface area contributed by atoms with Gasteiger partial charge in [-0.2, -0.15) is 0 Å². The van der Waals surface area contributed by atoms with Crippen molar-refractivity contribution in [3.63, 3.8) is 0 Å². The molecule has 0 bridgehead atoms. The molecule has 1 aromatic rings. The van der Waals surface area contributed by atoms with Crippen molar-refractivity contribution in [2.45, 2.75) is 37.5 Å². The Labute approximate surface area is 109 Å². The summed E-state index contributed by atoms with van der Waals surface area (Å²) in [5.74, 6) is -2.63. The molecular weight excluding hydrogens is 262 g/mol. The lowest BCUT2D eigenvalue weighted by Gasteiger charge is -2.34. The van der Waals surface area contributed by atoms with Crippen LogP contribution in [0.15, 0.2) is 12.1 Å². The van der Waals surface area contributed by atoms with Crippen molar-refractivity contribution < 1.29 is 18.7 Å². The molecule has 0 unspecified atom stereocenters. The lowest BCUT2D eigenvalue weighted by Crippen LogP contribution is -2.38. The Hall–Kier alpha value is -1.16. The van der Waals surface area contributed by atoms with Gasteiger partial charge in [-0.05, 0) is 25.0 Å². The van der Waals surface area contributed by atoms with Crippen molar-refractivity contribution in [2.24, 2.45) is 0 Å². The molecule has 2 rings (SSSR count). The van der Waals surface area contributed by atoms with Gasteiger partial charge in [0.15, 0.2) is 0 Å². The summed E-state index contributed by atoms with van der Waals surface area (Å²) in [6.45, 7) is 0. The maximum Gasteiger partial charge on any atom is 0.314 e. The average molecular weight is 275 g/mol. The van der Waals surface area contributed by atoms with Crippen LogP contribution in [0, 0.1) is 11.6 Å². The zero-order chi connectivity index (χ0) is 13.3. The van der Waals surface area contributed by atoms with Gasteiger partial charge < -0.3 is 5.11 Å². The topological polar surface area (TPSA) is 37.3 Å². The van der Waals surface area contributed by atoms with E-state index >= 15 is 0 Å². The SMILES string of the molecule is O=C(O)C1(c2cc(F)cc(Cl)c2F)CCCCC1. The minimum Gasteiger partial charge on any atom is -0.481 e. The molecule has 1 aliphatic carbocycles. The van der Waals surface area contributed by atoms with E-state index in [2.05, 4.69) is 0 Å². The molecule has 0 aliphatic heterocycles. The molecule has 1 N–H and O–H groups in total. The summed E-state index contributed by atoms with van der Waals surface area (Å²) in [5.41, 5.74) is -1.46. The highest BCUT2D eigenvalue weighted by molar-refractivity contribution is 6.30. The number of hydrogen-bond acceptors (Lipinski definition) is 1. The van der Waals surface area contributed by atoms with Crippen molar-refractivity contribution in [1.82, 2.24) is 0 Å². The van der Waals surface area contributed by atoms with Crippen molar-refractivity contribution >= 4 is 17.6 Å². The van der Waals surface area contributed by atoms with Crippen molar-refractivity contribution in [1.29, 1.82) is 0 Å². The van der Waals surface area contributed by atoms with Gasteiger partial charge >= 0.3 is 5.97 Å². The first-order chi connectivity index (χ1) is 8.47. The van der Waals surface area contributed by atoms with Gasteiger partial charge in [-0.1, -0.05) is 30.9 Å². The van der Waals surface area contributed by atoms with E-state index in [4.69, 9.17) is 11.6 Å². The fourth-order valence-corrected chi connectivity index (χ4v) is 2.86. The Bertz CT molecular complexity index is 482. The third-order valence-electron chi connectivity index (χ3n) is 3.63. The number of carboxylic acids is 1. The van der Waals surface area contributed by atoms with Gasteiger partial charge in [-0.3, -0.25) is 4.79 Å². The van der Waals surface area contributed by atoms with Gasteiger partial charge in [-0.25, -0.2) is 8.78 Å². The van der Waals surface area contributed by atoms with E-state index in [9.17, 15) is 18.7 Å². The van der Waals surface area contributed by atoms with Gasteiger partial charge in [0.05, 0.1) is 10.4 Å². The summed E-state index contributed by atoms with van der Waals surface area (Å²) in [6.07, 6.45) is 2.94. The fraction of sp³-hybridized carbons (Fsp3) is 0.462. The number of aliphatic carboxylic acids is 1. The first kappa shape index (κ1) is 13.3. The van der Waals surface area contributed by atoms with E-state index in [1.807, 2.05) is 0 Å². The zero-order valence-corrected chi connectivity index (χ0v) is 10.4. The fourth-order valence-electron chi connectivity index (χ4n) is 2.66. The van der Waals surface area contributed by atoms with Crippen LogP contribution in [0.3, 0.4) is 0 Å². The van der Waals surface area contributed by atoms with Crippen molar-refractivity contribution in [3.8, 4) is 0 Å². The molecule has 0 spiro atoms. The monoisotopic (exact) mass is 274 g/mol. The van der Waals surface area contributed by atoms with Gasteiger partial charge in [0.1, 0.15) is 11.6 Å². The van der Waals surface area contributed by atoms with Gasteiger partial charge in [0.2, 0.25) is 0 Å². The quantitative estimate of drug-likeness (QED) is 0.831. The molecule has 0 amide bonds.